The quantitative estimate of drug-likeness (QED) is 0.699. The average molecular weight is 268 g/mol. The molecular formula is C15H21FO3. The Labute approximate surface area is 113 Å². The molecule has 1 atom stereocenters. The summed E-state index contributed by atoms with van der Waals surface area (Å²) in [4.78, 5) is 11.2. The van der Waals surface area contributed by atoms with Crippen LogP contribution >= 0.6 is 0 Å². The summed E-state index contributed by atoms with van der Waals surface area (Å²) in [5, 5.41) is 9.16. The standard InChI is InChI=1S/C15H21FO3/c1-2-3-8-19-9-7-13(15(17)18)10-12-5-4-6-14(16)11-12/h4-6,11,13H,2-3,7-10H2,1H3,(H,17,18). The molecule has 1 aromatic rings. The number of hydrogen-bond donors (Lipinski definition) is 1. The highest BCUT2D eigenvalue weighted by molar-refractivity contribution is 5.70. The second kappa shape index (κ2) is 8.64. The summed E-state index contributed by atoms with van der Waals surface area (Å²) < 4.78 is 18.4. The molecule has 1 N–H and O–H groups in total. The van der Waals surface area contributed by atoms with Crippen LogP contribution in [0.4, 0.5) is 4.39 Å². The Morgan fingerprint density at radius 3 is 2.84 bits per heavy atom. The van der Waals surface area contributed by atoms with E-state index in [4.69, 9.17) is 9.84 Å². The Morgan fingerprint density at radius 2 is 2.21 bits per heavy atom. The highest BCUT2D eigenvalue weighted by Crippen LogP contribution is 2.14. The van der Waals surface area contributed by atoms with Gasteiger partial charge >= 0.3 is 5.97 Å². The smallest absolute Gasteiger partial charge is 0.306 e. The fraction of sp³-hybridized carbons (Fsp3) is 0.533. The molecule has 0 aliphatic heterocycles. The minimum absolute atomic E-state index is 0.333. The SMILES string of the molecule is CCCCOCCC(Cc1cccc(F)c1)C(=O)O. The molecule has 1 rings (SSSR count). The molecule has 1 unspecified atom stereocenters. The largest absolute Gasteiger partial charge is 0.481 e. The van der Waals surface area contributed by atoms with Gasteiger partial charge in [-0.3, -0.25) is 4.79 Å². The van der Waals surface area contributed by atoms with Gasteiger partial charge in [0.05, 0.1) is 5.92 Å². The number of aliphatic carboxylic acids is 1. The zero-order valence-electron chi connectivity index (χ0n) is 11.3. The fourth-order valence-electron chi connectivity index (χ4n) is 1.84. The number of carboxylic acid groups (broad SMARTS) is 1. The molecular weight excluding hydrogens is 247 g/mol. The molecule has 0 fully saturated rings. The molecule has 0 radical (unpaired) electrons. The summed E-state index contributed by atoms with van der Waals surface area (Å²) in [5.74, 6) is -1.72. The average Bonchev–Trinajstić information content (AvgIpc) is 2.37. The van der Waals surface area contributed by atoms with E-state index in [-0.39, 0.29) is 5.82 Å². The van der Waals surface area contributed by atoms with Crippen molar-refractivity contribution in [3.8, 4) is 0 Å². The van der Waals surface area contributed by atoms with Gasteiger partial charge in [-0.25, -0.2) is 4.39 Å². The van der Waals surface area contributed by atoms with Crippen molar-refractivity contribution in [2.24, 2.45) is 5.92 Å². The normalized spacial score (nSPS) is 12.3. The Kier molecular flexibility index (Phi) is 7.11. The van der Waals surface area contributed by atoms with E-state index >= 15 is 0 Å². The third-order valence-corrected chi connectivity index (χ3v) is 2.97. The van der Waals surface area contributed by atoms with Crippen LogP contribution in [0.3, 0.4) is 0 Å². The molecule has 19 heavy (non-hydrogen) atoms. The lowest BCUT2D eigenvalue weighted by molar-refractivity contribution is -0.142. The Hall–Kier alpha value is -1.42. The molecule has 0 aromatic heterocycles. The lowest BCUT2D eigenvalue weighted by atomic mass is 9.96. The molecule has 4 heteroatoms. The third kappa shape index (κ3) is 6.34. The summed E-state index contributed by atoms with van der Waals surface area (Å²) in [6.45, 7) is 3.18. The van der Waals surface area contributed by atoms with E-state index in [0.717, 1.165) is 12.8 Å². The zero-order chi connectivity index (χ0) is 14.1. The van der Waals surface area contributed by atoms with Crippen molar-refractivity contribution >= 4 is 5.97 Å². The maximum atomic E-state index is 13.0. The highest BCUT2D eigenvalue weighted by Gasteiger charge is 2.18. The van der Waals surface area contributed by atoms with Gasteiger partial charge in [0.25, 0.3) is 0 Å². The van der Waals surface area contributed by atoms with Gasteiger partial charge < -0.3 is 9.84 Å². The van der Waals surface area contributed by atoms with Crippen molar-refractivity contribution in [2.45, 2.75) is 32.6 Å². The van der Waals surface area contributed by atoms with Crippen molar-refractivity contribution < 1.29 is 19.0 Å². The maximum Gasteiger partial charge on any atom is 0.306 e. The van der Waals surface area contributed by atoms with E-state index in [2.05, 4.69) is 6.92 Å². The molecule has 0 aliphatic carbocycles. The van der Waals surface area contributed by atoms with Crippen molar-refractivity contribution in [3.05, 3.63) is 35.6 Å². The van der Waals surface area contributed by atoms with E-state index in [1.165, 1.54) is 12.1 Å². The Morgan fingerprint density at radius 1 is 1.42 bits per heavy atom. The van der Waals surface area contributed by atoms with Gasteiger partial charge in [0.15, 0.2) is 0 Å². The summed E-state index contributed by atoms with van der Waals surface area (Å²) in [6.07, 6.45) is 2.84. The molecule has 0 saturated carbocycles. The molecule has 106 valence electrons. The number of benzene rings is 1. The van der Waals surface area contributed by atoms with Crippen molar-refractivity contribution in [2.75, 3.05) is 13.2 Å². The summed E-state index contributed by atoms with van der Waals surface area (Å²) in [5.41, 5.74) is 0.709. The molecule has 0 amide bonds. The van der Waals surface area contributed by atoms with Gasteiger partial charge in [-0.15, -0.1) is 0 Å². The Balaban J connectivity index is 2.42. The second-order valence-electron chi connectivity index (χ2n) is 4.62. The summed E-state index contributed by atoms with van der Waals surface area (Å²) >= 11 is 0. The van der Waals surface area contributed by atoms with Gasteiger partial charge in [0, 0.05) is 13.2 Å². The van der Waals surface area contributed by atoms with Crippen LogP contribution in [-0.2, 0) is 16.0 Å². The number of carbonyl (C=O) groups is 1. The van der Waals surface area contributed by atoms with Gasteiger partial charge in [-0.2, -0.15) is 0 Å². The number of unbranched alkanes of at least 4 members (excludes halogenated alkanes) is 1. The first-order valence-corrected chi connectivity index (χ1v) is 6.68. The molecule has 0 bridgehead atoms. The number of carboxylic acids is 1. The fourth-order valence-corrected chi connectivity index (χ4v) is 1.84. The molecule has 0 saturated heterocycles. The van der Waals surface area contributed by atoms with Crippen molar-refractivity contribution in [1.82, 2.24) is 0 Å². The van der Waals surface area contributed by atoms with Crippen LogP contribution in [0, 0.1) is 11.7 Å². The third-order valence-electron chi connectivity index (χ3n) is 2.97. The summed E-state index contributed by atoms with van der Waals surface area (Å²) in [7, 11) is 0. The van der Waals surface area contributed by atoms with E-state index in [1.54, 1.807) is 12.1 Å². The van der Waals surface area contributed by atoms with Crippen LogP contribution in [0.15, 0.2) is 24.3 Å². The molecule has 3 nitrogen and oxygen atoms in total. The van der Waals surface area contributed by atoms with Crippen LogP contribution in [0.5, 0.6) is 0 Å². The second-order valence-corrected chi connectivity index (χ2v) is 4.62. The zero-order valence-corrected chi connectivity index (χ0v) is 11.3. The first-order valence-electron chi connectivity index (χ1n) is 6.68. The van der Waals surface area contributed by atoms with Crippen LogP contribution < -0.4 is 0 Å². The van der Waals surface area contributed by atoms with E-state index in [1.807, 2.05) is 0 Å². The maximum absolute atomic E-state index is 13.0. The van der Waals surface area contributed by atoms with Crippen molar-refractivity contribution in [1.29, 1.82) is 0 Å². The highest BCUT2D eigenvalue weighted by atomic mass is 19.1. The van der Waals surface area contributed by atoms with Gasteiger partial charge in [-0.05, 0) is 37.0 Å². The molecule has 1 aromatic carbocycles. The predicted molar refractivity (Wildman–Crippen MR) is 71.6 cm³/mol. The van der Waals surface area contributed by atoms with Crippen LogP contribution in [0.25, 0.3) is 0 Å². The van der Waals surface area contributed by atoms with Crippen LogP contribution in [0.1, 0.15) is 31.7 Å². The topological polar surface area (TPSA) is 46.5 Å². The van der Waals surface area contributed by atoms with Crippen molar-refractivity contribution in [3.63, 3.8) is 0 Å². The number of halogens is 1. The predicted octanol–water partition coefficient (Wildman–Crippen LogP) is 3.28. The van der Waals surface area contributed by atoms with Crippen LogP contribution in [-0.4, -0.2) is 24.3 Å². The monoisotopic (exact) mass is 268 g/mol. The number of rotatable bonds is 9. The van der Waals surface area contributed by atoms with Gasteiger partial charge in [0.1, 0.15) is 5.82 Å². The van der Waals surface area contributed by atoms with Gasteiger partial charge in [0.2, 0.25) is 0 Å². The lowest BCUT2D eigenvalue weighted by Gasteiger charge is -2.12. The minimum atomic E-state index is -0.858. The Bertz CT molecular complexity index is 393. The first kappa shape index (κ1) is 15.6. The van der Waals surface area contributed by atoms with E-state index in [9.17, 15) is 9.18 Å². The minimum Gasteiger partial charge on any atom is -0.481 e. The molecule has 0 spiro atoms. The number of hydrogen-bond acceptors (Lipinski definition) is 2. The van der Waals surface area contributed by atoms with Gasteiger partial charge in [-0.1, -0.05) is 25.5 Å². The molecule has 0 heterocycles. The summed E-state index contributed by atoms with van der Waals surface area (Å²) in [6, 6.07) is 6.08. The van der Waals surface area contributed by atoms with Crippen LogP contribution in [0.2, 0.25) is 0 Å². The lowest BCUT2D eigenvalue weighted by Crippen LogP contribution is -2.19. The first-order chi connectivity index (χ1) is 9.13. The van der Waals surface area contributed by atoms with E-state index < -0.39 is 11.9 Å². The van der Waals surface area contributed by atoms with E-state index in [0.29, 0.717) is 31.6 Å². The number of ether oxygens (including phenoxy) is 1. The molecule has 0 aliphatic rings.